The predicted molar refractivity (Wildman–Crippen MR) is 112 cm³/mol. The van der Waals surface area contributed by atoms with Crippen molar-refractivity contribution in [3.8, 4) is 0 Å². The number of halogens is 1. The Morgan fingerprint density at radius 3 is 2.52 bits per heavy atom. The molecule has 2 aromatic carbocycles. The van der Waals surface area contributed by atoms with E-state index in [1.807, 2.05) is 52.9 Å². The van der Waals surface area contributed by atoms with E-state index in [0.717, 1.165) is 9.32 Å². The number of hydrogen-bond acceptors (Lipinski definition) is 5. The molecule has 0 saturated carbocycles. The molecule has 0 saturated heterocycles. The van der Waals surface area contributed by atoms with E-state index in [1.54, 1.807) is 12.1 Å². The van der Waals surface area contributed by atoms with Crippen LogP contribution in [0, 0.1) is 3.57 Å². The quantitative estimate of drug-likeness (QED) is 0.394. The molecule has 6 nitrogen and oxygen atoms in total. The van der Waals surface area contributed by atoms with Gasteiger partial charge in [0.15, 0.2) is 0 Å². The van der Waals surface area contributed by atoms with Crippen LogP contribution in [0.15, 0.2) is 66.0 Å². The van der Waals surface area contributed by atoms with Crippen LogP contribution in [-0.2, 0) is 5.75 Å². The summed E-state index contributed by atoms with van der Waals surface area (Å²) in [5.74, 6) is -0.862. The minimum absolute atomic E-state index is 0.0262. The van der Waals surface area contributed by atoms with Crippen LogP contribution in [0.25, 0.3) is 0 Å². The lowest BCUT2D eigenvalue weighted by Gasteiger charge is -2.09. The number of carboxylic acid groups (broad SMARTS) is 1. The number of rotatable bonds is 6. The highest BCUT2D eigenvalue weighted by Crippen LogP contribution is 2.21. The number of carbonyl (C=O) groups excluding carboxylic acids is 1. The highest BCUT2D eigenvalue weighted by Gasteiger charge is 2.15. The maximum absolute atomic E-state index is 12.3. The molecule has 27 heavy (non-hydrogen) atoms. The van der Waals surface area contributed by atoms with E-state index in [4.69, 9.17) is 0 Å². The van der Waals surface area contributed by atoms with E-state index in [2.05, 4.69) is 15.3 Å². The van der Waals surface area contributed by atoms with Gasteiger partial charge < -0.3 is 10.4 Å². The van der Waals surface area contributed by atoms with Crippen molar-refractivity contribution < 1.29 is 14.7 Å². The summed E-state index contributed by atoms with van der Waals surface area (Å²) >= 11 is 3.54. The number of carbonyl (C=O) groups is 2. The molecule has 0 unspecified atom stereocenters. The molecule has 0 atom stereocenters. The van der Waals surface area contributed by atoms with E-state index in [0.29, 0.717) is 5.03 Å². The zero-order chi connectivity index (χ0) is 19.2. The van der Waals surface area contributed by atoms with E-state index >= 15 is 0 Å². The van der Waals surface area contributed by atoms with Gasteiger partial charge in [-0.25, -0.2) is 14.8 Å². The van der Waals surface area contributed by atoms with Crippen LogP contribution < -0.4 is 5.32 Å². The molecule has 1 heterocycles. The van der Waals surface area contributed by atoms with Crippen molar-refractivity contribution in [2.24, 2.45) is 0 Å². The summed E-state index contributed by atoms with van der Waals surface area (Å²) in [4.78, 5) is 32.1. The van der Waals surface area contributed by atoms with Crippen molar-refractivity contribution in [1.82, 2.24) is 9.97 Å². The monoisotopic (exact) mass is 491 g/mol. The SMILES string of the molecule is O=C(Nc1ccc(I)cc1C(=O)O)c1cnc(SCc2ccccc2)cn1. The van der Waals surface area contributed by atoms with Crippen LogP contribution >= 0.6 is 34.4 Å². The summed E-state index contributed by atoms with van der Waals surface area (Å²) in [6.07, 6.45) is 2.92. The Kier molecular flexibility index (Phi) is 6.40. The van der Waals surface area contributed by atoms with Gasteiger partial charge in [0.1, 0.15) is 10.7 Å². The fourth-order valence-corrected chi connectivity index (χ4v) is 3.48. The second-order valence-corrected chi connectivity index (χ2v) is 7.70. The maximum Gasteiger partial charge on any atom is 0.337 e. The minimum Gasteiger partial charge on any atom is -0.478 e. The predicted octanol–water partition coefficient (Wildman–Crippen LogP) is 4.32. The Labute approximate surface area is 173 Å². The number of aromatic carboxylic acids is 1. The Morgan fingerprint density at radius 2 is 1.85 bits per heavy atom. The standard InChI is InChI=1S/C19H14IN3O3S/c20-13-6-7-15(14(8-13)19(25)26)23-18(24)16-9-22-17(10-21-16)27-11-12-4-2-1-3-5-12/h1-10H,11H2,(H,23,24)(H,25,26). The number of benzene rings is 2. The van der Waals surface area contributed by atoms with Gasteiger partial charge in [-0.3, -0.25) is 4.79 Å². The molecule has 8 heteroatoms. The average molecular weight is 491 g/mol. The Balaban J connectivity index is 1.67. The molecule has 136 valence electrons. The Hall–Kier alpha value is -2.46. The molecule has 0 aliphatic heterocycles. The first kappa shape index (κ1) is 19.3. The van der Waals surface area contributed by atoms with Gasteiger partial charge in [0.05, 0.1) is 23.6 Å². The number of aromatic nitrogens is 2. The topological polar surface area (TPSA) is 92.2 Å². The lowest BCUT2D eigenvalue weighted by atomic mass is 10.2. The second kappa shape index (κ2) is 8.96. The summed E-state index contributed by atoms with van der Waals surface area (Å²) in [6.45, 7) is 0. The van der Waals surface area contributed by atoms with Crippen LogP contribution in [0.4, 0.5) is 5.69 Å². The molecule has 0 bridgehead atoms. The van der Waals surface area contributed by atoms with Gasteiger partial charge in [-0.2, -0.15) is 0 Å². The largest absolute Gasteiger partial charge is 0.478 e. The Bertz CT molecular complexity index is 966. The first-order valence-electron chi connectivity index (χ1n) is 7.86. The summed E-state index contributed by atoms with van der Waals surface area (Å²) in [7, 11) is 0. The molecular weight excluding hydrogens is 477 g/mol. The normalized spacial score (nSPS) is 10.4. The number of nitrogens with one attached hydrogen (secondary N) is 1. The van der Waals surface area contributed by atoms with Gasteiger partial charge in [0.25, 0.3) is 5.91 Å². The molecular formula is C19H14IN3O3S. The van der Waals surface area contributed by atoms with Crippen molar-refractivity contribution in [3.05, 3.63) is 81.3 Å². The molecule has 3 rings (SSSR count). The van der Waals surface area contributed by atoms with Crippen LogP contribution in [0.2, 0.25) is 0 Å². The third-order valence-electron chi connectivity index (χ3n) is 3.55. The molecule has 0 aliphatic carbocycles. The molecule has 2 N–H and O–H groups in total. The number of amides is 1. The number of nitrogens with zero attached hydrogens (tertiary/aromatic N) is 2. The van der Waals surface area contributed by atoms with Gasteiger partial charge in [-0.15, -0.1) is 11.8 Å². The number of carboxylic acids is 1. The summed E-state index contributed by atoms with van der Waals surface area (Å²) in [5.41, 5.74) is 1.54. The average Bonchev–Trinajstić information content (AvgIpc) is 2.68. The van der Waals surface area contributed by atoms with Crippen LogP contribution in [0.5, 0.6) is 0 Å². The van der Waals surface area contributed by atoms with E-state index < -0.39 is 11.9 Å². The van der Waals surface area contributed by atoms with Crippen LogP contribution in [-0.4, -0.2) is 27.0 Å². The first-order valence-corrected chi connectivity index (χ1v) is 9.92. The second-order valence-electron chi connectivity index (χ2n) is 5.46. The summed E-state index contributed by atoms with van der Waals surface area (Å²) in [5, 5.41) is 12.6. The fourth-order valence-electron chi connectivity index (χ4n) is 2.23. The van der Waals surface area contributed by atoms with Crippen LogP contribution in [0.3, 0.4) is 0 Å². The number of anilines is 1. The van der Waals surface area contributed by atoms with Gasteiger partial charge in [-0.1, -0.05) is 30.3 Å². The third-order valence-corrected chi connectivity index (χ3v) is 5.21. The van der Waals surface area contributed by atoms with Crippen molar-refractivity contribution in [1.29, 1.82) is 0 Å². The van der Waals surface area contributed by atoms with E-state index in [-0.39, 0.29) is 16.9 Å². The molecule has 0 aliphatic rings. The molecule has 0 spiro atoms. The number of thioether (sulfide) groups is 1. The van der Waals surface area contributed by atoms with Gasteiger partial charge in [0, 0.05) is 9.32 Å². The van der Waals surface area contributed by atoms with Crippen molar-refractivity contribution in [2.45, 2.75) is 10.8 Å². The van der Waals surface area contributed by atoms with E-state index in [1.165, 1.54) is 35.8 Å². The maximum atomic E-state index is 12.3. The van der Waals surface area contributed by atoms with Crippen LogP contribution in [0.1, 0.15) is 26.4 Å². The number of hydrogen-bond donors (Lipinski definition) is 2. The highest BCUT2D eigenvalue weighted by atomic mass is 127. The van der Waals surface area contributed by atoms with Crippen molar-refractivity contribution in [2.75, 3.05) is 5.32 Å². The lowest BCUT2D eigenvalue weighted by Crippen LogP contribution is -2.16. The fraction of sp³-hybridized carbons (Fsp3) is 0.0526. The minimum atomic E-state index is -1.11. The third kappa shape index (κ3) is 5.27. The van der Waals surface area contributed by atoms with Gasteiger partial charge >= 0.3 is 5.97 Å². The van der Waals surface area contributed by atoms with Gasteiger partial charge in [-0.05, 0) is 46.4 Å². The highest BCUT2D eigenvalue weighted by molar-refractivity contribution is 14.1. The van der Waals surface area contributed by atoms with Gasteiger partial charge in [0.2, 0.25) is 0 Å². The zero-order valence-corrected chi connectivity index (χ0v) is 16.9. The van der Waals surface area contributed by atoms with E-state index in [9.17, 15) is 14.7 Å². The molecule has 0 fully saturated rings. The molecule has 3 aromatic rings. The molecule has 0 radical (unpaired) electrons. The smallest absolute Gasteiger partial charge is 0.337 e. The summed E-state index contributed by atoms with van der Waals surface area (Å²) in [6, 6.07) is 14.7. The van der Waals surface area contributed by atoms with Crippen molar-refractivity contribution in [3.63, 3.8) is 0 Å². The van der Waals surface area contributed by atoms with Crippen molar-refractivity contribution >= 4 is 51.9 Å². The Morgan fingerprint density at radius 1 is 1.07 bits per heavy atom. The summed E-state index contributed by atoms with van der Waals surface area (Å²) < 4.78 is 0.766. The zero-order valence-electron chi connectivity index (χ0n) is 13.9. The molecule has 1 amide bonds. The first-order chi connectivity index (χ1) is 13.0. The molecule has 1 aromatic heterocycles. The lowest BCUT2D eigenvalue weighted by molar-refractivity contribution is 0.0698.